The van der Waals surface area contributed by atoms with Crippen molar-refractivity contribution in [2.75, 3.05) is 4.90 Å². The Morgan fingerprint density at radius 2 is 1.67 bits per heavy atom. The number of nitrogens with zero attached hydrogens (tertiary/aromatic N) is 4. The highest BCUT2D eigenvalue weighted by molar-refractivity contribution is 6.34. The van der Waals surface area contributed by atoms with E-state index < -0.39 is 16.7 Å². The maximum absolute atomic E-state index is 12.3. The number of nitro groups is 1. The second-order valence-corrected chi connectivity index (χ2v) is 4.63. The smallest absolute Gasteiger partial charge is 0.268 e. The van der Waals surface area contributed by atoms with Crippen LogP contribution in [0.3, 0.4) is 0 Å². The monoisotopic (exact) mass is 286 g/mol. The van der Waals surface area contributed by atoms with Gasteiger partial charge >= 0.3 is 5.69 Å². The Labute approximate surface area is 118 Å². The number of aryl methyl sites for hydroxylation is 1. The van der Waals surface area contributed by atoms with Crippen LogP contribution in [0.25, 0.3) is 0 Å². The van der Waals surface area contributed by atoms with E-state index >= 15 is 0 Å². The summed E-state index contributed by atoms with van der Waals surface area (Å²) in [7, 11) is 1.52. The highest BCUT2D eigenvalue weighted by Gasteiger charge is 2.42. The van der Waals surface area contributed by atoms with Crippen LogP contribution in [0.1, 0.15) is 26.4 Å². The number of hydrogen-bond acceptors (Lipinski definition) is 5. The van der Waals surface area contributed by atoms with E-state index in [4.69, 9.17) is 0 Å². The van der Waals surface area contributed by atoms with Crippen LogP contribution >= 0.6 is 0 Å². The zero-order valence-corrected chi connectivity index (χ0v) is 11.2. The van der Waals surface area contributed by atoms with Crippen LogP contribution in [-0.2, 0) is 7.05 Å². The fourth-order valence-electron chi connectivity index (χ4n) is 2.33. The highest BCUT2D eigenvalue weighted by atomic mass is 16.6. The first kappa shape index (κ1) is 13.0. The van der Waals surface area contributed by atoms with Crippen molar-refractivity contribution < 1.29 is 14.5 Å². The van der Waals surface area contributed by atoms with E-state index in [1.165, 1.54) is 30.8 Å². The summed E-state index contributed by atoms with van der Waals surface area (Å²) in [6.45, 7) is 1.51. The van der Waals surface area contributed by atoms with Crippen molar-refractivity contribution in [3.05, 3.63) is 51.2 Å². The normalized spacial score (nSPS) is 13.7. The maximum atomic E-state index is 12.3. The quantitative estimate of drug-likeness (QED) is 0.472. The largest absolute Gasteiger partial charge is 0.334 e. The third kappa shape index (κ3) is 1.65. The van der Waals surface area contributed by atoms with Gasteiger partial charge in [0.1, 0.15) is 5.69 Å². The van der Waals surface area contributed by atoms with Gasteiger partial charge in [0.05, 0.1) is 16.1 Å². The van der Waals surface area contributed by atoms with Gasteiger partial charge in [-0.05, 0) is 19.1 Å². The number of imide groups is 1. The van der Waals surface area contributed by atoms with Gasteiger partial charge in [0, 0.05) is 7.05 Å². The molecule has 0 fully saturated rings. The van der Waals surface area contributed by atoms with E-state index in [9.17, 15) is 19.7 Å². The molecule has 0 saturated heterocycles. The Morgan fingerprint density at radius 1 is 1.14 bits per heavy atom. The molecular weight excluding hydrogens is 276 g/mol. The number of carbonyl (C=O) groups excluding carboxylic acids is 2. The Bertz CT molecular complexity index is 773. The minimum Gasteiger partial charge on any atom is -0.268 e. The highest BCUT2D eigenvalue weighted by Crippen LogP contribution is 2.35. The molecule has 2 aromatic rings. The molecule has 2 amide bonds. The van der Waals surface area contributed by atoms with E-state index in [-0.39, 0.29) is 28.3 Å². The van der Waals surface area contributed by atoms with Crippen LogP contribution < -0.4 is 4.90 Å². The van der Waals surface area contributed by atoms with Gasteiger partial charge in [0.15, 0.2) is 0 Å². The van der Waals surface area contributed by atoms with Crippen LogP contribution in [0, 0.1) is 17.0 Å². The second-order valence-electron chi connectivity index (χ2n) is 4.63. The Hall–Kier alpha value is -3.03. The van der Waals surface area contributed by atoms with Gasteiger partial charge in [-0.3, -0.25) is 24.4 Å². The number of amides is 2. The molecular formula is C13H10N4O4. The summed E-state index contributed by atoms with van der Waals surface area (Å²) in [5.74, 6) is -1.44. The van der Waals surface area contributed by atoms with Gasteiger partial charge in [0.25, 0.3) is 11.8 Å². The summed E-state index contributed by atoms with van der Waals surface area (Å²) >= 11 is 0. The molecule has 0 spiro atoms. The Balaban J connectivity index is 2.20. The molecule has 0 N–H and O–H groups in total. The molecule has 1 aromatic heterocycles. The predicted molar refractivity (Wildman–Crippen MR) is 72.2 cm³/mol. The lowest BCUT2D eigenvalue weighted by Crippen LogP contribution is -2.30. The van der Waals surface area contributed by atoms with Crippen LogP contribution in [0.4, 0.5) is 11.5 Å². The number of benzene rings is 1. The van der Waals surface area contributed by atoms with E-state index in [0.29, 0.717) is 0 Å². The molecule has 0 aliphatic carbocycles. The summed E-state index contributed by atoms with van der Waals surface area (Å²) in [6.07, 6.45) is 0. The van der Waals surface area contributed by atoms with Crippen molar-refractivity contribution in [1.82, 2.24) is 9.78 Å². The molecule has 8 heteroatoms. The molecule has 106 valence electrons. The summed E-state index contributed by atoms with van der Waals surface area (Å²) in [4.78, 5) is 36.0. The van der Waals surface area contributed by atoms with Crippen molar-refractivity contribution in [3.8, 4) is 0 Å². The number of carbonyl (C=O) groups is 2. The third-order valence-corrected chi connectivity index (χ3v) is 3.47. The van der Waals surface area contributed by atoms with Gasteiger partial charge < -0.3 is 0 Å². The summed E-state index contributed by atoms with van der Waals surface area (Å²) in [6, 6.07) is 6.28. The maximum Gasteiger partial charge on any atom is 0.334 e. The first-order valence-electron chi connectivity index (χ1n) is 6.09. The van der Waals surface area contributed by atoms with Gasteiger partial charge in [-0.2, -0.15) is 0 Å². The van der Waals surface area contributed by atoms with E-state index in [2.05, 4.69) is 5.10 Å². The third-order valence-electron chi connectivity index (χ3n) is 3.47. The summed E-state index contributed by atoms with van der Waals surface area (Å²) in [5.41, 5.74) is 0.374. The lowest BCUT2D eigenvalue weighted by atomic mass is 10.1. The van der Waals surface area contributed by atoms with E-state index in [1.54, 1.807) is 12.1 Å². The van der Waals surface area contributed by atoms with Crippen molar-refractivity contribution >= 4 is 23.3 Å². The molecule has 1 aliphatic rings. The summed E-state index contributed by atoms with van der Waals surface area (Å²) < 4.78 is 1.27. The average molecular weight is 286 g/mol. The topological polar surface area (TPSA) is 98.3 Å². The van der Waals surface area contributed by atoms with Crippen molar-refractivity contribution in [1.29, 1.82) is 0 Å². The zero-order chi connectivity index (χ0) is 15.3. The molecule has 3 rings (SSSR count). The number of hydrogen-bond donors (Lipinski definition) is 0. The molecule has 0 unspecified atom stereocenters. The van der Waals surface area contributed by atoms with E-state index in [0.717, 1.165) is 4.90 Å². The molecule has 2 heterocycles. The number of fused-ring (bicyclic) bond motifs is 1. The minimum atomic E-state index is -0.638. The minimum absolute atomic E-state index is 0.222. The van der Waals surface area contributed by atoms with Crippen molar-refractivity contribution in [2.45, 2.75) is 6.92 Å². The molecule has 0 saturated carbocycles. The average Bonchev–Trinajstić information content (AvgIpc) is 2.87. The van der Waals surface area contributed by atoms with Gasteiger partial charge in [-0.25, -0.2) is 4.90 Å². The van der Waals surface area contributed by atoms with Gasteiger partial charge in [-0.1, -0.05) is 12.1 Å². The summed E-state index contributed by atoms with van der Waals surface area (Å²) in [5, 5.41) is 15.2. The fourth-order valence-corrected chi connectivity index (χ4v) is 2.33. The van der Waals surface area contributed by atoms with E-state index in [1.807, 2.05) is 0 Å². The van der Waals surface area contributed by atoms with Crippen LogP contribution in [-0.4, -0.2) is 26.5 Å². The standard InChI is InChI=1S/C13H10N4O4/c1-7-10(17(20)21)11(14-15(7)2)16-12(18)8-5-3-4-6-9(8)13(16)19/h3-6H,1-2H3. The Morgan fingerprint density at radius 3 is 2.14 bits per heavy atom. The first-order valence-corrected chi connectivity index (χ1v) is 6.09. The molecule has 0 atom stereocenters. The van der Waals surface area contributed by atoms with Crippen LogP contribution in [0.5, 0.6) is 0 Å². The number of anilines is 1. The SMILES string of the molecule is Cc1c([N+](=O)[O-])c(N2C(=O)c3ccccc3C2=O)nn1C. The Kier molecular flexibility index (Phi) is 2.62. The molecule has 0 radical (unpaired) electrons. The first-order chi connectivity index (χ1) is 9.93. The van der Waals surface area contributed by atoms with Crippen molar-refractivity contribution in [2.24, 2.45) is 7.05 Å². The molecule has 8 nitrogen and oxygen atoms in total. The predicted octanol–water partition coefficient (Wildman–Crippen LogP) is 1.44. The molecule has 1 aromatic carbocycles. The number of rotatable bonds is 2. The van der Waals surface area contributed by atoms with Crippen LogP contribution in [0.15, 0.2) is 24.3 Å². The zero-order valence-electron chi connectivity index (χ0n) is 11.2. The molecule has 0 bridgehead atoms. The molecule has 21 heavy (non-hydrogen) atoms. The molecule has 1 aliphatic heterocycles. The second kappa shape index (κ2) is 4.23. The fraction of sp³-hybridized carbons (Fsp3) is 0.154. The lowest BCUT2D eigenvalue weighted by molar-refractivity contribution is -0.384. The van der Waals surface area contributed by atoms with Gasteiger partial charge in [-0.15, -0.1) is 5.10 Å². The van der Waals surface area contributed by atoms with Crippen molar-refractivity contribution in [3.63, 3.8) is 0 Å². The van der Waals surface area contributed by atoms with Gasteiger partial charge in [0.2, 0.25) is 5.82 Å². The lowest BCUT2D eigenvalue weighted by Gasteiger charge is -2.09. The van der Waals surface area contributed by atoms with Crippen LogP contribution in [0.2, 0.25) is 0 Å². The number of aromatic nitrogens is 2.